The molecule has 2 aromatic heterocycles. The van der Waals surface area contributed by atoms with Crippen molar-refractivity contribution in [2.45, 2.75) is 26.2 Å². The van der Waals surface area contributed by atoms with Crippen molar-refractivity contribution in [3.63, 3.8) is 0 Å². The fourth-order valence-electron chi connectivity index (χ4n) is 4.12. The summed E-state index contributed by atoms with van der Waals surface area (Å²) >= 11 is 0. The van der Waals surface area contributed by atoms with Gasteiger partial charge < -0.3 is 15.0 Å². The van der Waals surface area contributed by atoms with Gasteiger partial charge in [-0.2, -0.15) is 0 Å². The number of rotatable bonds is 4. The number of ether oxygens (including phenoxy) is 1. The van der Waals surface area contributed by atoms with Gasteiger partial charge in [0, 0.05) is 42.1 Å². The second-order valence-corrected chi connectivity index (χ2v) is 9.50. The zero-order chi connectivity index (χ0) is 23.7. The van der Waals surface area contributed by atoms with Crippen LogP contribution in [0.2, 0.25) is 0 Å². The summed E-state index contributed by atoms with van der Waals surface area (Å²) in [6.07, 6.45) is 3.54. The fourth-order valence-corrected chi connectivity index (χ4v) is 4.12. The van der Waals surface area contributed by atoms with Crippen LogP contribution in [0, 0.1) is 5.82 Å². The predicted octanol–water partition coefficient (Wildman–Crippen LogP) is 5.71. The molecule has 1 fully saturated rings. The molecule has 0 amide bonds. The van der Waals surface area contributed by atoms with Crippen molar-refractivity contribution in [3.8, 4) is 11.3 Å². The van der Waals surface area contributed by atoms with Gasteiger partial charge in [0.2, 0.25) is 5.95 Å². The van der Waals surface area contributed by atoms with Gasteiger partial charge in [-0.05, 0) is 46.7 Å². The molecule has 4 aromatic rings. The molecule has 1 aliphatic heterocycles. The molecular formula is C27H28FN5O. The zero-order valence-electron chi connectivity index (χ0n) is 19.7. The molecule has 0 radical (unpaired) electrons. The summed E-state index contributed by atoms with van der Waals surface area (Å²) < 4.78 is 19.7. The molecule has 0 aliphatic carbocycles. The number of pyridine rings is 1. The number of aromatic nitrogens is 3. The Kier molecular flexibility index (Phi) is 5.87. The summed E-state index contributed by atoms with van der Waals surface area (Å²) in [5, 5.41) is 4.93. The second kappa shape index (κ2) is 8.99. The molecule has 0 spiro atoms. The largest absolute Gasteiger partial charge is 0.378 e. The van der Waals surface area contributed by atoms with E-state index < -0.39 is 0 Å². The Morgan fingerprint density at radius 2 is 1.71 bits per heavy atom. The minimum Gasteiger partial charge on any atom is -0.378 e. The SMILES string of the molecule is CC(C)(C)c1ccc(Nc2ncc(-c3ccnc(N4CCOCC4)n3)c3ccc(F)cc23)cc1. The van der Waals surface area contributed by atoms with Crippen molar-refractivity contribution >= 4 is 28.2 Å². The molecule has 1 aliphatic rings. The number of benzene rings is 2. The van der Waals surface area contributed by atoms with Crippen molar-refractivity contribution in [1.82, 2.24) is 15.0 Å². The molecule has 5 rings (SSSR count). The summed E-state index contributed by atoms with van der Waals surface area (Å²) in [6.45, 7) is 9.38. The minimum atomic E-state index is -0.311. The Labute approximate surface area is 198 Å². The van der Waals surface area contributed by atoms with Gasteiger partial charge in [-0.3, -0.25) is 0 Å². The monoisotopic (exact) mass is 457 g/mol. The van der Waals surface area contributed by atoms with E-state index in [1.807, 2.05) is 18.2 Å². The van der Waals surface area contributed by atoms with Crippen LogP contribution in [-0.4, -0.2) is 41.3 Å². The van der Waals surface area contributed by atoms with E-state index in [-0.39, 0.29) is 11.2 Å². The first-order chi connectivity index (χ1) is 16.4. The van der Waals surface area contributed by atoms with Crippen LogP contribution in [0.1, 0.15) is 26.3 Å². The number of hydrogen-bond donors (Lipinski definition) is 1. The highest BCUT2D eigenvalue weighted by Gasteiger charge is 2.17. The number of nitrogens with one attached hydrogen (secondary N) is 1. The predicted molar refractivity (Wildman–Crippen MR) is 134 cm³/mol. The molecule has 34 heavy (non-hydrogen) atoms. The van der Waals surface area contributed by atoms with Crippen molar-refractivity contribution in [2.24, 2.45) is 0 Å². The quantitative estimate of drug-likeness (QED) is 0.424. The third-order valence-corrected chi connectivity index (χ3v) is 6.08. The smallest absolute Gasteiger partial charge is 0.226 e. The highest BCUT2D eigenvalue weighted by atomic mass is 19.1. The van der Waals surface area contributed by atoms with E-state index in [2.05, 4.69) is 53.1 Å². The van der Waals surface area contributed by atoms with E-state index in [9.17, 15) is 4.39 Å². The third kappa shape index (κ3) is 4.56. The van der Waals surface area contributed by atoms with Crippen LogP contribution in [0.25, 0.3) is 22.0 Å². The number of halogens is 1. The summed E-state index contributed by atoms with van der Waals surface area (Å²) in [7, 11) is 0. The van der Waals surface area contributed by atoms with Gasteiger partial charge in [0.25, 0.3) is 0 Å². The van der Waals surface area contributed by atoms with E-state index in [1.165, 1.54) is 17.7 Å². The Hall–Kier alpha value is -3.58. The first-order valence-electron chi connectivity index (χ1n) is 11.5. The molecule has 0 bridgehead atoms. The van der Waals surface area contributed by atoms with E-state index in [0.717, 1.165) is 35.4 Å². The summed E-state index contributed by atoms with van der Waals surface area (Å²) in [5.41, 5.74) is 3.81. The van der Waals surface area contributed by atoms with Gasteiger partial charge in [-0.15, -0.1) is 0 Å². The Morgan fingerprint density at radius 1 is 0.941 bits per heavy atom. The van der Waals surface area contributed by atoms with Crippen LogP contribution in [0.4, 0.5) is 21.8 Å². The molecule has 0 atom stereocenters. The topological polar surface area (TPSA) is 63.2 Å². The van der Waals surface area contributed by atoms with E-state index >= 15 is 0 Å². The zero-order valence-corrected chi connectivity index (χ0v) is 19.7. The van der Waals surface area contributed by atoms with E-state index in [4.69, 9.17) is 9.72 Å². The maximum absolute atomic E-state index is 14.3. The standard InChI is InChI=1S/C27H28FN5O/c1-27(2,3)18-4-7-20(8-5-18)31-25-22-16-19(28)6-9-21(22)23(17-30-25)24-10-11-29-26(32-24)33-12-14-34-15-13-33/h4-11,16-17H,12-15H2,1-3H3,(H,30,31). The van der Waals surface area contributed by atoms with Crippen molar-refractivity contribution in [3.05, 3.63) is 72.3 Å². The van der Waals surface area contributed by atoms with Gasteiger partial charge in [0.1, 0.15) is 11.6 Å². The van der Waals surface area contributed by atoms with Gasteiger partial charge in [-0.1, -0.05) is 39.0 Å². The lowest BCUT2D eigenvalue weighted by molar-refractivity contribution is 0.122. The molecule has 2 aromatic carbocycles. The van der Waals surface area contributed by atoms with E-state index in [0.29, 0.717) is 30.4 Å². The van der Waals surface area contributed by atoms with Crippen LogP contribution in [-0.2, 0) is 10.2 Å². The van der Waals surface area contributed by atoms with Crippen LogP contribution >= 0.6 is 0 Å². The number of anilines is 3. The highest BCUT2D eigenvalue weighted by molar-refractivity contribution is 6.02. The molecular weight excluding hydrogens is 429 g/mol. The third-order valence-electron chi connectivity index (χ3n) is 6.08. The van der Waals surface area contributed by atoms with Crippen molar-refractivity contribution in [2.75, 3.05) is 36.5 Å². The molecule has 7 heteroatoms. The average Bonchev–Trinajstić information content (AvgIpc) is 2.85. The van der Waals surface area contributed by atoms with E-state index in [1.54, 1.807) is 18.5 Å². The second-order valence-electron chi connectivity index (χ2n) is 9.50. The van der Waals surface area contributed by atoms with Crippen LogP contribution in [0.3, 0.4) is 0 Å². The normalized spacial score (nSPS) is 14.4. The average molecular weight is 458 g/mol. The van der Waals surface area contributed by atoms with Gasteiger partial charge in [0.15, 0.2) is 0 Å². The fraction of sp³-hybridized carbons (Fsp3) is 0.296. The molecule has 0 saturated carbocycles. The maximum Gasteiger partial charge on any atom is 0.226 e. The highest BCUT2D eigenvalue weighted by Crippen LogP contribution is 2.33. The Morgan fingerprint density at radius 3 is 2.44 bits per heavy atom. The van der Waals surface area contributed by atoms with Crippen molar-refractivity contribution in [1.29, 1.82) is 0 Å². The number of fused-ring (bicyclic) bond motifs is 1. The van der Waals surface area contributed by atoms with Gasteiger partial charge in [-0.25, -0.2) is 19.3 Å². The van der Waals surface area contributed by atoms with Crippen LogP contribution in [0.15, 0.2) is 60.9 Å². The molecule has 0 unspecified atom stereocenters. The molecule has 6 nitrogen and oxygen atoms in total. The summed E-state index contributed by atoms with van der Waals surface area (Å²) in [6, 6.07) is 14.9. The Bertz CT molecular complexity index is 1310. The number of morpholine rings is 1. The molecule has 1 saturated heterocycles. The van der Waals surface area contributed by atoms with Gasteiger partial charge in [0.05, 0.1) is 18.9 Å². The maximum atomic E-state index is 14.3. The first kappa shape index (κ1) is 22.2. The first-order valence-corrected chi connectivity index (χ1v) is 11.5. The van der Waals surface area contributed by atoms with Crippen LogP contribution < -0.4 is 10.2 Å². The van der Waals surface area contributed by atoms with Crippen molar-refractivity contribution < 1.29 is 9.13 Å². The number of nitrogens with zero attached hydrogens (tertiary/aromatic N) is 4. The summed E-state index contributed by atoms with van der Waals surface area (Å²) in [5.74, 6) is 0.954. The lowest BCUT2D eigenvalue weighted by Gasteiger charge is -2.26. The Balaban J connectivity index is 1.52. The lowest BCUT2D eigenvalue weighted by Crippen LogP contribution is -2.37. The van der Waals surface area contributed by atoms with Gasteiger partial charge >= 0.3 is 0 Å². The lowest BCUT2D eigenvalue weighted by atomic mass is 9.87. The molecule has 174 valence electrons. The van der Waals surface area contributed by atoms with Crippen LogP contribution in [0.5, 0.6) is 0 Å². The number of hydrogen-bond acceptors (Lipinski definition) is 6. The molecule has 1 N–H and O–H groups in total. The molecule has 3 heterocycles. The minimum absolute atomic E-state index is 0.0753. The summed E-state index contributed by atoms with van der Waals surface area (Å²) in [4.78, 5) is 16.0.